The van der Waals surface area contributed by atoms with E-state index in [9.17, 15) is 19.2 Å². The molecule has 10 nitrogen and oxygen atoms in total. The number of carbonyl (C=O) groups is 4. The van der Waals surface area contributed by atoms with Crippen molar-refractivity contribution in [2.24, 2.45) is 0 Å². The zero-order chi connectivity index (χ0) is 30.2. The average molecular weight is 595 g/mol. The molecule has 0 bridgehead atoms. The molecule has 4 aromatic rings. The van der Waals surface area contributed by atoms with Gasteiger partial charge in [0.05, 0.1) is 12.7 Å². The molecule has 0 aliphatic rings. The quantitative estimate of drug-likeness (QED) is 0.139. The number of nitrogens with zero attached hydrogens (tertiary/aromatic N) is 2. The topological polar surface area (TPSA) is 163 Å². The number of rotatable bonds is 8. The van der Waals surface area contributed by atoms with Crippen molar-refractivity contribution in [2.45, 2.75) is 20.8 Å². The van der Waals surface area contributed by atoms with E-state index < -0.39 is 5.97 Å². The van der Waals surface area contributed by atoms with E-state index in [-0.39, 0.29) is 52.2 Å². The van der Waals surface area contributed by atoms with Gasteiger partial charge in [0.25, 0.3) is 6.47 Å². The summed E-state index contributed by atoms with van der Waals surface area (Å²) in [5.74, 6) is 0.0598. The number of pyridine rings is 2. The molecule has 0 unspecified atom stereocenters. The monoisotopic (exact) mass is 594 g/mol. The van der Waals surface area contributed by atoms with Crippen LogP contribution in [-0.2, 0) is 4.79 Å². The Balaban J connectivity index is 0.000000655. The molecule has 4 rings (SSSR count). The van der Waals surface area contributed by atoms with Crippen LogP contribution in [0.15, 0.2) is 91.3 Å². The fraction of sp³-hybridized carbons (Fsp3) is 0.125. The van der Waals surface area contributed by atoms with Crippen LogP contribution in [0.3, 0.4) is 0 Å². The molecule has 0 atom stereocenters. The molecule has 2 heterocycles. The molecule has 2 aromatic carbocycles. The van der Waals surface area contributed by atoms with E-state index in [0.717, 1.165) is 16.7 Å². The van der Waals surface area contributed by atoms with Crippen molar-refractivity contribution in [1.29, 1.82) is 0 Å². The molecule has 0 aliphatic carbocycles. The summed E-state index contributed by atoms with van der Waals surface area (Å²) in [5.41, 5.74) is 4.13. The van der Waals surface area contributed by atoms with Crippen LogP contribution in [0.5, 0.6) is 11.5 Å². The van der Waals surface area contributed by atoms with Gasteiger partial charge in [0, 0.05) is 19.3 Å². The summed E-state index contributed by atoms with van der Waals surface area (Å²) in [6.45, 7) is 5.74. The van der Waals surface area contributed by atoms with Crippen molar-refractivity contribution in [3.63, 3.8) is 0 Å². The second-order valence-corrected chi connectivity index (χ2v) is 8.51. The minimum absolute atomic E-state index is 0. The molecule has 43 heavy (non-hydrogen) atoms. The largest absolute Gasteiger partial charge is 1.00 e. The van der Waals surface area contributed by atoms with Gasteiger partial charge in [-0.3, -0.25) is 24.4 Å². The fourth-order valence-corrected chi connectivity index (χ4v) is 2.99. The van der Waals surface area contributed by atoms with Crippen LogP contribution in [0.25, 0.3) is 6.08 Å². The number of hydrogen-bond acceptors (Lipinski definition) is 9. The second kappa shape index (κ2) is 20.4. The molecular formula is C32H31N2NaO8. The minimum Gasteiger partial charge on any atom is -0.870 e. The van der Waals surface area contributed by atoms with Crippen molar-refractivity contribution in [1.82, 2.24) is 9.97 Å². The number of carbonyl (C=O) groups excluding carboxylic acids is 3. The summed E-state index contributed by atoms with van der Waals surface area (Å²) in [6, 6.07) is 20.2. The smallest absolute Gasteiger partial charge is 0.870 e. The number of aryl methyl sites for hydroxylation is 2. The van der Waals surface area contributed by atoms with Crippen LogP contribution in [-0.4, -0.2) is 51.7 Å². The predicted octanol–water partition coefficient (Wildman–Crippen LogP) is 2.63. The van der Waals surface area contributed by atoms with Gasteiger partial charge in [0.2, 0.25) is 5.78 Å². The summed E-state index contributed by atoms with van der Waals surface area (Å²) in [6.07, 6.45) is 6.51. The predicted molar refractivity (Wildman–Crippen MR) is 156 cm³/mol. The van der Waals surface area contributed by atoms with Gasteiger partial charge < -0.3 is 20.1 Å². The molecule has 2 N–H and O–H groups in total. The SMILES string of the molecule is CC(=O)c1ccc(C)cn1.COc1ccc(C(=O)O)cc1.Cc1ccc(C(=O)/C=C/c2ccc(OC=O)cc2)nc1.[Na+].[OH-]. The van der Waals surface area contributed by atoms with Gasteiger partial charge in [0.15, 0.2) is 5.78 Å². The molecule has 0 radical (unpaired) electrons. The van der Waals surface area contributed by atoms with E-state index in [0.29, 0.717) is 29.4 Å². The van der Waals surface area contributed by atoms with Crippen LogP contribution in [0.1, 0.15) is 54.9 Å². The van der Waals surface area contributed by atoms with Crippen LogP contribution in [0, 0.1) is 13.8 Å². The van der Waals surface area contributed by atoms with Crippen LogP contribution in [0.4, 0.5) is 0 Å². The van der Waals surface area contributed by atoms with Gasteiger partial charge in [-0.15, -0.1) is 0 Å². The zero-order valence-corrected chi connectivity index (χ0v) is 26.6. The first-order valence-corrected chi connectivity index (χ1v) is 12.3. The Morgan fingerprint density at radius 2 is 1.28 bits per heavy atom. The number of ketones is 2. The zero-order valence-electron chi connectivity index (χ0n) is 24.6. The second-order valence-electron chi connectivity index (χ2n) is 8.51. The summed E-state index contributed by atoms with van der Waals surface area (Å²) >= 11 is 0. The minimum atomic E-state index is -0.923. The van der Waals surface area contributed by atoms with Gasteiger partial charge in [-0.05, 0) is 85.1 Å². The van der Waals surface area contributed by atoms with E-state index in [1.54, 1.807) is 67.0 Å². The molecule has 0 saturated heterocycles. The van der Waals surface area contributed by atoms with Crippen molar-refractivity contribution < 1.29 is 68.8 Å². The Hall–Kier alpha value is -4.48. The molecule has 0 saturated carbocycles. The van der Waals surface area contributed by atoms with Gasteiger partial charge in [-0.1, -0.05) is 30.3 Å². The number of Topliss-reactive ketones (excluding diaryl/α,β-unsaturated/α-hetero) is 1. The van der Waals surface area contributed by atoms with E-state index in [1.165, 1.54) is 32.2 Å². The Morgan fingerprint density at radius 1 is 0.767 bits per heavy atom. The third-order valence-corrected chi connectivity index (χ3v) is 5.26. The third kappa shape index (κ3) is 14.3. The maximum absolute atomic E-state index is 11.9. The van der Waals surface area contributed by atoms with Crippen molar-refractivity contribution in [2.75, 3.05) is 7.11 Å². The number of methoxy groups -OCH3 is 1. The van der Waals surface area contributed by atoms with Crippen molar-refractivity contribution in [3.05, 3.63) is 125 Å². The summed E-state index contributed by atoms with van der Waals surface area (Å²) in [7, 11) is 1.54. The number of carboxylic acids is 1. The van der Waals surface area contributed by atoms with E-state index in [2.05, 4.69) is 14.7 Å². The molecular weight excluding hydrogens is 563 g/mol. The molecule has 2 aromatic heterocycles. The van der Waals surface area contributed by atoms with E-state index >= 15 is 0 Å². The Labute approximate surface area is 272 Å². The summed E-state index contributed by atoms with van der Waals surface area (Å²) < 4.78 is 9.54. The van der Waals surface area contributed by atoms with Crippen molar-refractivity contribution in [3.8, 4) is 11.5 Å². The summed E-state index contributed by atoms with van der Waals surface area (Å²) in [5, 5.41) is 8.51. The number of ether oxygens (including phenoxy) is 2. The Bertz CT molecular complexity index is 1470. The van der Waals surface area contributed by atoms with Gasteiger partial charge in [-0.2, -0.15) is 0 Å². The molecule has 0 amide bonds. The number of carboxylic acid groups (broad SMARTS) is 1. The number of allylic oxidation sites excluding steroid dienone is 1. The maximum atomic E-state index is 11.9. The number of aromatic carboxylic acids is 1. The first kappa shape index (κ1) is 38.5. The van der Waals surface area contributed by atoms with Crippen molar-refractivity contribution >= 4 is 30.1 Å². The molecule has 0 aliphatic heterocycles. The van der Waals surface area contributed by atoms with E-state index in [1.807, 2.05) is 26.0 Å². The molecule has 0 spiro atoms. The van der Waals surface area contributed by atoms with Crippen LogP contribution in [0.2, 0.25) is 0 Å². The third-order valence-electron chi connectivity index (χ3n) is 5.26. The first-order valence-electron chi connectivity index (χ1n) is 12.3. The summed E-state index contributed by atoms with van der Waals surface area (Å²) in [4.78, 5) is 51.1. The number of hydrogen-bond donors (Lipinski definition) is 1. The average Bonchev–Trinajstić information content (AvgIpc) is 2.98. The van der Waals surface area contributed by atoms with Gasteiger partial charge in [0.1, 0.15) is 22.9 Å². The molecule has 11 heteroatoms. The first-order chi connectivity index (χ1) is 19.6. The molecule has 218 valence electrons. The normalized spacial score (nSPS) is 9.40. The standard InChI is InChI=1S/C16H13NO3.C8H9NO.C8H8O3.Na.H2O/c1-12-2-8-15(17-10-12)16(19)9-5-13-3-6-14(7-4-13)20-11-18;1-6-3-4-8(7(2)10)9-5-6;1-11-7-4-2-6(3-5-7)8(9)10;;/h2-11H,1H3;3-5H,1-2H3;2-5H,1H3,(H,9,10);;1H2/q;;;+1;/p-1/b9-5+;;;;. The number of benzene rings is 2. The Morgan fingerprint density at radius 3 is 1.70 bits per heavy atom. The van der Waals surface area contributed by atoms with Gasteiger partial charge >= 0.3 is 35.5 Å². The molecule has 0 fully saturated rings. The maximum Gasteiger partial charge on any atom is 1.00 e. The fourth-order valence-electron chi connectivity index (χ4n) is 2.99. The van der Waals surface area contributed by atoms with Gasteiger partial charge in [-0.25, -0.2) is 4.79 Å². The number of aromatic nitrogens is 2. The van der Waals surface area contributed by atoms with Crippen LogP contribution >= 0.6 is 0 Å². The van der Waals surface area contributed by atoms with Crippen LogP contribution < -0.4 is 39.0 Å². The Kier molecular flexibility index (Phi) is 18.3. The van der Waals surface area contributed by atoms with E-state index in [4.69, 9.17) is 9.84 Å².